The number of halogens is 3. The van der Waals surface area contributed by atoms with Gasteiger partial charge in [0.15, 0.2) is 0 Å². The fourth-order valence-corrected chi connectivity index (χ4v) is 6.62. The van der Waals surface area contributed by atoms with Crippen molar-refractivity contribution in [2.24, 2.45) is 4.99 Å². The molecule has 2 aliphatic heterocycles. The van der Waals surface area contributed by atoms with Crippen LogP contribution in [0.5, 0.6) is 5.75 Å². The molecule has 1 fully saturated rings. The Kier molecular flexibility index (Phi) is 8.92. The van der Waals surface area contributed by atoms with E-state index in [1.54, 1.807) is 25.1 Å². The van der Waals surface area contributed by atoms with Crippen molar-refractivity contribution in [3.8, 4) is 5.75 Å². The van der Waals surface area contributed by atoms with Crippen LogP contribution in [-0.2, 0) is 25.8 Å². The minimum atomic E-state index is -4.87. The smallest absolute Gasteiger partial charge is 0.406 e. The molecular weight excluding hydrogens is 585 g/mol. The van der Waals surface area contributed by atoms with Gasteiger partial charge in [-0.1, -0.05) is 18.2 Å². The van der Waals surface area contributed by atoms with E-state index in [1.807, 2.05) is 0 Å². The molecule has 1 atom stereocenters. The Morgan fingerprint density at radius 1 is 1.22 bits per heavy atom. The average Bonchev–Trinajstić information content (AvgIpc) is 3.21. The summed E-state index contributed by atoms with van der Waals surface area (Å²) in [4.78, 5) is 17.3. The number of rotatable bonds is 9. The van der Waals surface area contributed by atoms with Gasteiger partial charge in [-0.3, -0.25) is 14.1 Å². The van der Waals surface area contributed by atoms with Gasteiger partial charge in [0.1, 0.15) is 28.1 Å². The van der Waals surface area contributed by atoms with Crippen LogP contribution in [0.15, 0.2) is 52.9 Å². The Labute approximate surface area is 238 Å². The number of alkyl halides is 3. The lowest BCUT2D eigenvalue weighted by atomic mass is 9.89. The van der Waals surface area contributed by atoms with E-state index in [1.165, 1.54) is 33.1 Å². The second-order valence-electron chi connectivity index (χ2n) is 9.56. The van der Waals surface area contributed by atoms with Gasteiger partial charge < -0.3 is 15.2 Å². The number of hydrogen-bond acceptors (Lipinski definition) is 7. The number of aryl methyl sites for hydroxylation is 1. The Hall–Kier alpha value is -3.27. The molecule has 0 radical (unpaired) electrons. The van der Waals surface area contributed by atoms with Crippen molar-refractivity contribution in [1.29, 1.82) is 0 Å². The molecule has 222 valence electrons. The number of carbonyl (C=O) groups excluding carboxylic acids is 1. The highest BCUT2D eigenvalue weighted by Crippen LogP contribution is 2.33. The maximum absolute atomic E-state index is 13.1. The zero-order valence-electron chi connectivity index (χ0n) is 22.2. The van der Waals surface area contributed by atoms with Crippen LogP contribution in [0.2, 0.25) is 0 Å². The number of anilines is 1. The number of hydrogen-bond donors (Lipinski definition) is 2. The summed E-state index contributed by atoms with van der Waals surface area (Å²) in [6, 6.07) is 10.3. The summed E-state index contributed by atoms with van der Waals surface area (Å²) in [6.07, 6.45) is -1.71. The molecule has 10 nitrogen and oxygen atoms in total. The summed E-state index contributed by atoms with van der Waals surface area (Å²) in [5.74, 6) is -0.795. The molecule has 2 aromatic carbocycles. The third kappa shape index (κ3) is 7.15. The van der Waals surface area contributed by atoms with Crippen molar-refractivity contribution >= 4 is 44.5 Å². The minimum absolute atomic E-state index is 0.0183. The highest BCUT2D eigenvalue weighted by molar-refractivity contribution is 7.92. The Morgan fingerprint density at radius 3 is 2.54 bits per heavy atom. The number of aliphatic hydroxyl groups is 1. The molecule has 1 spiro atoms. The molecule has 2 aromatic rings. The van der Waals surface area contributed by atoms with Gasteiger partial charge in [-0.15, -0.1) is 13.2 Å². The van der Waals surface area contributed by atoms with Crippen LogP contribution < -0.4 is 14.4 Å². The van der Waals surface area contributed by atoms with E-state index in [0.29, 0.717) is 11.3 Å². The van der Waals surface area contributed by atoms with Crippen molar-refractivity contribution in [2.45, 2.75) is 31.7 Å². The molecule has 2 N–H and O–H groups in total. The molecule has 0 aliphatic carbocycles. The van der Waals surface area contributed by atoms with Crippen LogP contribution in [0.1, 0.15) is 29.5 Å². The van der Waals surface area contributed by atoms with Crippen LogP contribution >= 0.6 is 0 Å². The molecule has 2 heterocycles. The number of benzene rings is 2. The highest BCUT2D eigenvalue weighted by Gasteiger charge is 2.47. The first kappa shape index (κ1) is 30.7. The number of ether oxygens (including phenoxy) is 1. The summed E-state index contributed by atoms with van der Waals surface area (Å²) in [5, 5.41) is 12.9. The zero-order valence-corrected chi connectivity index (χ0v) is 23.9. The normalized spacial score (nSPS) is 18.4. The van der Waals surface area contributed by atoms with Gasteiger partial charge in [0.25, 0.3) is 5.91 Å². The minimum Gasteiger partial charge on any atom is -0.406 e. The maximum atomic E-state index is 13.1. The summed E-state index contributed by atoms with van der Waals surface area (Å²) in [7, 11) is -5.19. The fraction of sp³-hybridized carbons (Fsp3) is 0.385. The van der Waals surface area contributed by atoms with Crippen molar-refractivity contribution in [3.63, 3.8) is 0 Å². The van der Waals surface area contributed by atoms with Crippen LogP contribution in [0, 0.1) is 6.92 Å². The van der Waals surface area contributed by atoms with Crippen molar-refractivity contribution < 1.29 is 40.4 Å². The van der Waals surface area contributed by atoms with Gasteiger partial charge in [0.05, 0.1) is 13.2 Å². The summed E-state index contributed by atoms with van der Waals surface area (Å²) >= 11 is 0. The SMILES string of the molecule is Cc1cc(N(CCO)S(C)=O)ccc1/C=C/S(=O)(=O)N1CCC2(CC1)N=C(c1cccc(OC(F)(F)F)c1)NC2=O. The standard InChI is InChI=1S/C26H29F3N4O6S2/c1-18-16-21(33(13-14-34)40(2)36)7-6-19(18)8-15-41(37,38)32-11-9-25(10-12-32)24(35)30-23(31-25)20-4-3-5-22(17-20)39-26(27,28)29/h3-8,15-17,34H,9-14H2,1-2H3,(H,30,31,35)/b15-8+. The van der Waals surface area contributed by atoms with E-state index in [4.69, 9.17) is 0 Å². The number of nitrogens with one attached hydrogen (secondary N) is 1. The fourth-order valence-electron chi connectivity index (χ4n) is 4.69. The first-order chi connectivity index (χ1) is 19.2. The zero-order chi connectivity index (χ0) is 30.0. The van der Waals surface area contributed by atoms with Gasteiger partial charge in [-0.25, -0.2) is 12.6 Å². The molecule has 1 unspecified atom stereocenters. The molecular formula is C26H29F3N4O6S2. The monoisotopic (exact) mass is 614 g/mol. The van der Waals surface area contributed by atoms with Gasteiger partial charge >= 0.3 is 6.36 Å². The molecule has 1 saturated heterocycles. The number of aliphatic hydroxyl groups excluding tert-OH is 1. The Morgan fingerprint density at radius 2 is 1.93 bits per heavy atom. The predicted molar refractivity (Wildman–Crippen MR) is 149 cm³/mol. The lowest BCUT2D eigenvalue weighted by molar-refractivity contribution is -0.274. The van der Waals surface area contributed by atoms with Crippen LogP contribution in [0.4, 0.5) is 18.9 Å². The van der Waals surface area contributed by atoms with Gasteiger partial charge in [0, 0.05) is 36.0 Å². The van der Waals surface area contributed by atoms with E-state index in [9.17, 15) is 35.7 Å². The average molecular weight is 615 g/mol. The number of sulfonamides is 1. The number of carbonyl (C=O) groups is 1. The van der Waals surface area contributed by atoms with E-state index >= 15 is 0 Å². The molecule has 0 aromatic heterocycles. The third-order valence-corrected chi connectivity index (χ3v) is 9.38. The topological polar surface area (TPSA) is 129 Å². The molecule has 2 aliphatic rings. The maximum Gasteiger partial charge on any atom is 0.573 e. The molecule has 4 rings (SSSR count). The molecule has 0 bridgehead atoms. The Balaban J connectivity index is 1.45. The summed E-state index contributed by atoms with van der Waals surface area (Å²) in [5.41, 5.74) is 1.03. The largest absolute Gasteiger partial charge is 0.573 e. The third-order valence-electron chi connectivity index (χ3n) is 6.81. The molecule has 41 heavy (non-hydrogen) atoms. The van der Waals surface area contributed by atoms with Crippen molar-refractivity contribution in [3.05, 3.63) is 64.6 Å². The van der Waals surface area contributed by atoms with Crippen LogP contribution in [0.3, 0.4) is 0 Å². The van der Waals surface area contributed by atoms with E-state index < -0.39 is 44.6 Å². The lowest BCUT2D eigenvalue weighted by Crippen LogP contribution is -2.50. The first-order valence-electron chi connectivity index (χ1n) is 12.5. The van der Waals surface area contributed by atoms with E-state index in [2.05, 4.69) is 15.0 Å². The number of amidine groups is 1. The molecule has 1 amide bonds. The van der Waals surface area contributed by atoms with Crippen molar-refractivity contribution in [2.75, 3.05) is 36.8 Å². The highest BCUT2D eigenvalue weighted by atomic mass is 32.2. The molecule has 15 heteroatoms. The summed E-state index contributed by atoms with van der Waals surface area (Å²) in [6.45, 7) is 1.84. The Bertz CT molecular complexity index is 1500. The molecule has 0 saturated carbocycles. The second kappa shape index (κ2) is 11.9. The van der Waals surface area contributed by atoms with Crippen molar-refractivity contribution in [1.82, 2.24) is 9.62 Å². The number of nitrogens with zero attached hydrogens (tertiary/aromatic N) is 3. The number of amides is 1. The van der Waals surface area contributed by atoms with Gasteiger partial charge in [-0.2, -0.15) is 4.31 Å². The second-order valence-corrected chi connectivity index (χ2v) is 12.7. The van der Waals surface area contributed by atoms with E-state index in [-0.39, 0.29) is 50.5 Å². The quantitative estimate of drug-likeness (QED) is 0.447. The van der Waals surface area contributed by atoms with Crippen LogP contribution in [0.25, 0.3) is 6.08 Å². The van der Waals surface area contributed by atoms with Gasteiger partial charge in [0.2, 0.25) is 10.0 Å². The van der Waals surface area contributed by atoms with E-state index in [0.717, 1.165) is 23.1 Å². The lowest BCUT2D eigenvalue weighted by Gasteiger charge is -2.34. The predicted octanol–water partition coefficient (Wildman–Crippen LogP) is 2.70. The number of piperidine rings is 1. The van der Waals surface area contributed by atoms with Crippen LogP contribution in [-0.4, -0.2) is 78.2 Å². The summed E-state index contributed by atoms with van der Waals surface area (Å²) < 4.78 is 82.6. The van der Waals surface area contributed by atoms with Gasteiger partial charge in [-0.05, 0) is 61.2 Å². The first-order valence-corrected chi connectivity index (χ1v) is 15.5. The number of aliphatic imine (C=N–C) groups is 1.